The SMILES string of the molecule is CN(CCO)Cc1ccccc1-c1ccc(-c2ncc3ncn(-c4cccc(CN)c4)c3c2O)c(F)c1. The summed E-state index contributed by atoms with van der Waals surface area (Å²) in [6.07, 6.45) is 3.14. The van der Waals surface area contributed by atoms with E-state index in [0.29, 0.717) is 30.7 Å². The van der Waals surface area contributed by atoms with Crippen molar-refractivity contribution < 1.29 is 14.6 Å². The molecule has 0 atom stereocenters. The van der Waals surface area contributed by atoms with Crippen molar-refractivity contribution in [2.45, 2.75) is 13.1 Å². The lowest BCUT2D eigenvalue weighted by Crippen LogP contribution is -2.21. The van der Waals surface area contributed by atoms with Gasteiger partial charge in [-0.15, -0.1) is 0 Å². The number of aliphatic hydroxyl groups is 1. The van der Waals surface area contributed by atoms with Gasteiger partial charge in [-0.2, -0.15) is 0 Å². The summed E-state index contributed by atoms with van der Waals surface area (Å²) in [4.78, 5) is 10.7. The molecule has 0 amide bonds. The van der Waals surface area contributed by atoms with E-state index in [2.05, 4.69) is 9.97 Å². The predicted octanol–water partition coefficient (Wildman–Crippen LogP) is 4.48. The van der Waals surface area contributed by atoms with Crippen LogP contribution in [-0.2, 0) is 13.1 Å². The highest BCUT2D eigenvalue weighted by molar-refractivity contribution is 5.89. The minimum absolute atomic E-state index is 0.0696. The van der Waals surface area contributed by atoms with E-state index in [9.17, 15) is 10.2 Å². The van der Waals surface area contributed by atoms with Gasteiger partial charge in [-0.05, 0) is 53.6 Å². The Morgan fingerprint density at radius 1 is 1.00 bits per heavy atom. The number of halogens is 1. The zero-order chi connectivity index (χ0) is 25.9. The second-order valence-electron chi connectivity index (χ2n) is 8.99. The van der Waals surface area contributed by atoms with Gasteiger partial charge >= 0.3 is 0 Å². The Bertz CT molecular complexity index is 1570. The highest BCUT2D eigenvalue weighted by Crippen LogP contribution is 2.37. The second-order valence-corrected chi connectivity index (χ2v) is 8.99. The minimum Gasteiger partial charge on any atom is -0.504 e. The number of hydrogen-bond donors (Lipinski definition) is 3. The minimum atomic E-state index is -0.491. The van der Waals surface area contributed by atoms with Crippen LogP contribution in [0.15, 0.2) is 79.3 Å². The number of likely N-dealkylation sites (N-methyl/N-ethyl adjacent to an activating group) is 1. The molecule has 0 spiro atoms. The van der Waals surface area contributed by atoms with Gasteiger partial charge in [0.2, 0.25) is 0 Å². The Morgan fingerprint density at radius 3 is 2.62 bits per heavy atom. The molecule has 0 saturated carbocycles. The maximum atomic E-state index is 15.5. The van der Waals surface area contributed by atoms with Crippen LogP contribution >= 0.6 is 0 Å². The summed E-state index contributed by atoms with van der Waals surface area (Å²) in [5, 5.41) is 20.5. The third kappa shape index (κ3) is 4.82. The first-order valence-electron chi connectivity index (χ1n) is 12.0. The van der Waals surface area contributed by atoms with Crippen LogP contribution in [0.4, 0.5) is 4.39 Å². The number of rotatable bonds is 8. The fraction of sp³-hybridized carbons (Fsp3) is 0.172. The highest BCUT2D eigenvalue weighted by atomic mass is 19.1. The second kappa shape index (κ2) is 10.5. The topological polar surface area (TPSA) is 100 Å². The van der Waals surface area contributed by atoms with Crippen LogP contribution in [0.25, 0.3) is 39.1 Å². The fourth-order valence-electron chi connectivity index (χ4n) is 4.57. The molecule has 0 aliphatic heterocycles. The zero-order valence-electron chi connectivity index (χ0n) is 20.5. The van der Waals surface area contributed by atoms with Crippen LogP contribution < -0.4 is 5.73 Å². The molecule has 0 aliphatic rings. The van der Waals surface area contributed by atoms with Crippen molar-refractivity contribution in [3.05, 3.63) is 96.2 Å². The van der Waals surface area contributed by atoms with Gasteiger partial charge in [0, 0.05) is 30.9 Å². The normalized spacial score (nSPS) is 11.5. The number of imidazole rings is 1. The maximum Gasteiger partial charge on any atom is 0.168 e. The van der Waals surface area contributed by atoms with Gasteiger partial charge in [0.05, 0.1) is 12.8 Å². The third-order valence-corrected chi connectivity index (χ3v) is 6.46. The Hall–Kier alpha value is -4.11. The van der Waals surface area contributed by atoms with Gasteiger partial charge in [-0.3, -0.25) is 9.47 Å². The first kappa shape index (κ1) is 24.6. The monoisotopic (exact) mass is 497 g/mol. The first-order valence-corrected chi connectivity index (χ1v) is 12.0. The number of nitrogens with two attached hydrogens (primary N) is 1. The fourth-order valence-corrected chi connectivity index (χ4v) is 4.57. The van der Waals surface area contributed by atoms with Crippen molar-refractivity contribution >= 4 is 11.0 Å². The van der Waals surface area contributed by atoms with Crippen molar-refractivity contribution in [1.82, 2.24) is 19.4 Å². The lowest BCUT2D eigenvalue weighted by molar-refractivity contribution is 0.217. The average molecular weight is 498 g/mol. The Labute approximate surface area is 214 Å². The van der Waals surface area contributed by atoms with Gasteiger partial charge in [0.25, 0.3) is 0 Å². The van der Waals surface area contributed by atoms with Crippen molar-refractivity contribution in [2.75, 3.05) is 20.2 Å². The lowest BCUT2D eigenvalue weighted by atomic mass is 9.97. The van der Waals surface area contributed by atoms with Crippen molar-refractivity contribution in [1.29, 1.82) is 0 Å². The van der Waals surface area contributed by atoms with E-state index in [0.717, 1.165) is 27.9 Å². The van der Waals surface area contributed by atoms with Gasteiger partial charge in [-0.25, -0.2) is 14.4 Å². The van der Waals surface area contributed by atoms with Crippen molar-refractivity contribution in [3.63, 3.8) is 0 Å². The van der Waals surface area contributed by atoms with E-state index >= 15 is 4.39 Å². The number of nitrogens with zero attached hydrogens (tertiary/aromatic N) is 4. The van der Waals surface area contributed by atoms with Crippen LogP contribution in [0, 0.1) is 5.82 Å². The van der Waals surface area contributed by atoms with Crippen LogP contribution in [0.1, 0.15) is 11.1 Å². The molecule has 2 heterocycles. The third-order valence-electron chi connectivity index (χ3n) is 6.46. The van der Waals surface area contributed by atoms with Gasteiger partial charge in [-0.1, -0.05) is 42.5 Å². The number of pyridine rings is 1. The summed E-state index contributed by atoms with van der Waals surface area (Å²) >= 11 is 0. The number of fused-ring (bicyclic) bond motifs is 1. The van der Waals surface area contributed by atoms with Crippen LogP contribution in [-0.4, -0.2) is 49.8 Å². The molecule has 188 valence electrons. The molecule has 5 rings (SSSR count). The Kier molecular flexibility index (Phi) is 6.96. The van der Waals surface area contributed by atoms with Gasteiger partial charge < -0.3 is 15.9 Å². The highest BCUT2D eigenvalue weighted by Gasteiger charge is 2.19. The Morgan fingerprint density at radius 2 is 1.84 bits per heavy atom. The summed E-state index contributed by atoms with van der Waals surface area (Å²) in [6, 6.07) is 20.4. The molecular weight excluding hydrogens is 469 g/mol. The van der Waals surface area contributed by atoms with Gasteiger partial charge in [0.1, 0.15) is 28.9 Å². The molecule has 2 aromatic heterocycles. The summed E-state index contributed by atoms with van der Waals surface area (Å²) < 4.78 is 17.3. The number of aromatic nitrogens is 3. The quantitative estimate of drug-likeness (QED) is 0.292. The largest absolute Gasteiger partial charge is 0.504 e. The summed E-state index contributed by atoms with van der Waals surface area (Å²) in [7, 11) is 1.93. The van der Waals surface area contributed by atoms with E-state index in [1.165, 1.54) is 12.3 Å². The molecule has 0 radical (unpaired) electrons. The first-order chi connectivity index (χ1) is 18.0. The van der Waals surface area contributed by atoms with E-state index < -0.39 is 5.82 Å². The molecule has 5 aromatic rings. The van der Waals surface area contributed by atoms with E-state index in [-0.39, 0.29) is 23.6 Å². The summed E-state index contributed by atoms with van der Waals surface area (Å²) in [5.41, 5.74) is 11.5. The maximum absolute atomic E-state index is 15.5. The zero-order valence-corrected chi connectivity index (χ0v) is 20.5. The van der Waals surface area contributed by atoms with E-state index in [1.807, 2.05) is 66.5 Å². The van der Waals surface area contributed by atoms with Crippen LogP contribution in [0.5, 0.6) is 5.75 Å². The van der Waals surface area contributed by atoms with Crippen LogP contribution in [0.3, 0.4) is 0 Å². The lowest BCUT2D eigenvalue weighted by Gasteiger charge is -2.18. The van der Waals surface area contributed by atoms with Crippen molar-refractivity contribution in [2.24, 2.45) is 5.73 Å². The number of benzene rings is 3. The molecule has 0 aliphatic carbocycles. The molecule has 0 unspecified atom stereocenters. The van der Waals surface area contributed by atoms with Crippen LogP contribution in [0.2, 0.25) is 0 Å². The van der Waals surface area contributed by atoms with Crippen molar-refractivity contribution in [3.8, 4) is 33.8 Å². The van der Waals surface area contributed by atoms with E-state index in [1.54, 1.807) is 17.0 Å². The molecule has 37 heavy (non-hydrogen) atoms. The Balaban J connectivity index is 1.55. The average Bonchev–Trinajstić information content (AvgIpc) is 3.35. The summed E-state index contributed by atoms with van der Waals surface area (Å²) in [6.45, 7) is 1.62. The molecule has 8 heteroatoms. The molecule has 0 fully saturated rings. The molecular formula is C29H28FN5O2. The number of aliphatic hydroxyl groups excluding tert-OH is 1. The standard InChI is InChI=1S/C29H28FN5O2/c1-34(11-12-36)17-21-6-2-3-8-23(21)20-9-10-24(25(30)14-20)27-29(37)28-26(16-32-27)33-18-35(28)22-7-4-5-19(13-22)15-31/h2-10,13-14,16,18,36-37H,11-12,15,17,31H2,1H3. The molecule has 3 aromatic carbocycles. The number of aromatic hydroxyl groups is 1. The molecule has 0 bridgehead atoms. The summed E-state index contributed by atoms with van der Waals surface area (Å²) in [5.74, 6) is -0.639. The predicted molar refractivity (Wildman–Crippen MR) is 143 cm³/mol. The van der Waals surface area contributed by atoms with Gasteiger partial charge in [0.15, 0.2) is 5.75 Å². The molecule has 0 saturated heterocycles. The number of hydrogen-bond acceptors (Lipinski definition) is 6. The van der Waals surface area contributed by atoms with E-state index in [4.69, 9.17) is 5.73 Å². The molecule has 4 N–H and O–H groups in total. The smallest absolute Gasteiger partial charge is 0.168 e. The molecule has 7 nitrogen and oxygen atoms in total.